The number of halogens is 3. The molecule has 0 aromatic heterocycles. The summed E-state index contributed by atoms with van der Waals surface area (Å²) in [5, 5.41) is 0.439. The summed E-state index contributed by atoms with van der Waals surface area (Å²) in [6.07, 6.45) is 13.1. The van der Waals surface area contributed by atoms with Crippen molar-refractivity contribution < 1.29 is 57.7 Å². The molecular weight excluding hydrogens is 411 g/mol. The average Bonchev–Trinajstić information content (AvgIpc) is 2.62. The summed E-state index contributed by atoms with van der Waals surface area (Å²) >= 11 is 2.42. The van der Waals surface area contributed by atoms with Gasteiger partial charge in [-0.25, -0.2) is 0 Å². The van der Waals surface area contributed by atoms with Crippen LogP contribution in [0.5, 0.6) is 0 Å². The van der Waals surface area contributed by atoms with Crippen molar-refractivity contribution in [1.82, 2.24) is 0 Å². The van der Waals surface area contributed by atoms with Crippen molar-refractivity contribution in [1.29, 1.82) is 0 Å². The maximum absolute atomic E-state index is 2.46. The molecule has 0 fully saturated rings. The first-order valence-corrected chi connectivity index (χ1v) is 10.8. The molecule has 0 spiro atoms. The first kappa shape index (κ1) is 27.0. The Morgan fingerprint density at radius 2 is 1.71 bits per heavy atom. The molecule has 0 saturated heterocycles. The van der Waals surface area contributed by atoms with E-state index in [1.807, 2.05) is 0 Å². The summed E-state index contributed by atoms with van der Waals surface area (Å²) in [6.45, 7) is 11.9. The third kappa shape index (κ3) is 5.15. The Balaban J connectivity index is 0. The van der Waals surface area contributed by atoms with Gasteiger partial charge in [-0.15, -0.1) is 0 Å². The maximum Gasteiger partial charge on any atom is -1.00 e. The summed E-state index contributed by atoms with van der Waals surface area (Å²) < 4.78 is 1.70. The largest absolute Gasteiger partial charge is 1.00 e. The van der Waals surface area contributed by atoms with Gasteiger partial charge >= 0.3 is 145 Å². The Morgan fingerprint density at radius 1 is 1.08 bits per heavy atom. The summed E-state index contributed by atoms with van der Waals surface area (Å²) in [5.74, 6) is 0. The van der Waals surface area contributed by atoms with Crippen LogP contribution in [0.2, 0.25) is 11.1 Å². The van der Waals surface area contributed by atoms with Crippen molar-refractivity contribution in [2.75, 3.05) is 0 Å². The van der Waals surface area contributed by atoms with E-state index in [1.54, 1.807) is 20.6 Å². The zero-order valence-corrected chi connectivity index (χ0v) is 20.7. The average molecular weight is 440 g/mol. The molecule has 0 bridgehead atoms. The Kier molecular flexibility index (Phi) is 12.1. The standard InChI is InChI=1S/C19H29Si.3ClH.Ti/c1-6-12-20-19(13-15(2)16(3)17(19)4)14-18(5)10-8-7-9-11-18;;;;/h7-10H,6,11-12,14,20H2,1-5H3;3*1H;/q;;;;+3/p-3. The van der Waals surface area contributed by atoms with Gasteiger partial charge in [-0.05, 0) is 0 Å². The molecule has 0 nitrogen and oxygen atoms in total. The second-order valence-electron chi connectivity index (χ2n) is 7.26. The Labute approximate surface area is 181 Å². The third-order valence-corrected chi connectivity index (χ3v) is 10.6. The van der Waals surface area contributed by atoms with Gasteiger partial charge in [0.05, 0.1) is 0 Å². The van der Waals surface area contributed by atoms with E-state index in [-0.39, 0.29) is 46.7 Å². The number of hydrogen-bond acceptors (Lipinski definition) is 0. The molecule has 2 atom stereocenters. The summed E-state index contributed by atoms with van der Waals surface area (Å²) in [6, 6.07) is 1.46. The molecule has 2 aliphatic rings. The van der Waals surface area contributed by atoms with Crippen molar-refractivity contribution in [3.8, 4) is 0 Å². The molecule has 0 heterocycles. The van der Waals surface area contributed by atoms with Gasteiger partial charge in [0.25, 0.3) is 0 Å². The normalized spacial score (nSPS) is 29.0. The van der Waals surface area contributed by atoms with E-state index in [0.717, 1.165) is 0 Å². The van der Waals surface area contributed by atoms with E-state index in [2.05, 4.69) is 79.4 Å². The monoisotopic (exact) mass is 438 g/mol. The van der Waals surface area contributed by atoms with Gasteiger partial charge in [0.1, 0.15) is 0 Å². The van der Waals surface area contributed by atoms with E-state index in [4.69, 9.17) is 0 Å². The summed E-state index contributed by atoms with van der Waals surface area (Å²) in [4.78, 5) is 0. The first-order chi connectivity index (χ1) is 9.86. The van der Waals surface area contributed by atoms with E-state index >= 15 is 0 Å². The molecular formula is C19H29Cl3SiTi. The Morgan fingerprint density at radius 3 is 2.12 bits per heavy atom. The zero-order valence-electron chi connectivity index (χ0n) is 15.5. The molecule has 5 heteroatoms. The van der Waals surface area contributed by atoms with Crippen LogP contribution in [0.1, 0.15) is 53.9 Å². The fourth-order valence-corrected chi connectivity index (χ4v) is 8.24. The fraction of sp³-hybridized carbons (Fsp3) is 0.579. The number of rotatable bonds is 5. The van der Waals surface area contributed by atoms with Gasteiger partial charge in [0, 0.05) is 0 Å². The molecule has 134 valence electrons. The van der Waals surface area contributed by atoms with Crippen LogP contribution < -0.4 is 37.2 Å². The minimum absolute atomic E-state index is 0. The Bertz CT molecular complexity index is 525. The molecule has 0 saturated carbocycles. The van der Waals surface area contributed by atoms with Gasteiger partial charge in [-0.1, -0.05) is 0 Å². The van der Waals surface area contributed by atoms with Crippen molar-refractivity contribution in [2.45, 2.75) is 65.0 Å². The second kappa shape index (κ2) is 10.8. The van der Waals surface area contributed by atoms with Gasteiger partial charge in [-0.3, -0.25) is 0 Å². The van der Waals surface area contributed by atoms with Crippen LogP contribution in [0.4, 0.5) is 0 Å². The molecule has 2 rings (SSSR count). The number of allylic oxidation sites excluding steroid dienone is 8. The molecule has 2 unspecified atom stereocenters. The van der Waals surface area contributed by atoms with E-state index in [1.165, 1.54) is 25.3 Å². The summed E-state index contributed by atoms with van der Waals surface area (Å²) in [5.41, 5.74) is 5.19. The van der Waals surface area contributed by atoms with E-state index < -0.39 is 0 Å². The van der Waals surface area contributed by atoms with Crippen LogP contribution in [0, 0.1) is 5.41 Å². The van der Waals surface area contributed by atoms with Gasteiger partial charge in [0.15, 0.2) is 0 Å². The molecule has 0 N–H and O–H groups in total. The predicted molar refractivity (Wildman–Crippen MR) is 93.0 cm³/mol. The molecule has 0 aromatic rings. The van der Waals surface area contributed by atoms with E-state index in [9.17, 15) is 0 Å². The van der Waals surface area contributed by atoms with Crippen molar-refractivity contribution in [3.63, 3.8) is 0 Å². The summed E-state index contributed by atoms with van der Waals surface area (Å²) in [7, 11) is -0.133. The van der Waals surface area contributed by atoms with Crippen molar-refractivity contribution in [2.24, 2.45) is 5.41 Å². The minimum Gasteiger partial charge on any atom is -1.00 e. The minimum atomic E-state index is -0.133. The van der Waals surface area contributed by atoms with Crippen LogP contribution in [-0.4, -0.2) is 9.52 Å². The third-order valence-electron chi connectivity index (χ3n) is 5.69. The van der Waals surface area contributed by atoms with Crippen molar-refractivity contribution >= 4 is 9.52 Å². The SMILES string of the molecule is CCC[SiH2]C1(CC2(C)C=CC=CC2)C(C)=C(C)C(C)=[C]1[Ti+3].[Cl-].[Cl-].[Cl-]. The molecule has 0 aliphatic heterocycles. The zero-order chi connectivity index (χ0) is 15.7. The van der Waals surface area contributed by atoms with Gasteiger partial charge in [0.2, 0.25) is 0 Å². The predicted octanol–water partition coefficient (Wildman–Crippen LogP) is -3.76. The van der Waals surface area contributed by atoms with Crippen LogP contribution in [0.3, 0.4) is 0 Å². The van der Waals surface area contributed by atoms with Gasteiger partial charge < -0.3 is 37.2 Å². The van der Waals surface area contributed by atoms with Crippen LogP contribution in [-0.2, 0) is 20.4 Å². The molecule has 2 aliphatic carbocycles. The maximum atomic E-state index is 2.46. The van der Waals surface area contributed by atoms with E-state index in [0.29, 0.717) is 10.5 Å². The van der Waals surface area contributed by atoms with Crippen LogP contribution in [0.25, 0.3) is 0 Å². The molecule has 0 radical (unpaired) electrons. The quantitative estimate of drug-likeness (QED) is 0.386. The van der Waals surface area contributed by atoms with Gasteiger partial charge in [-0.2, -0.15) is 0 Å². The van der Waals surface area contributed by atoms with Crippen LogP contribution in [0.15, 0.2) is 44.9 Å². The topological polar surface area (TPSA) is 0 Å². The number of hydrogen-bond donors (Lipinski definition) is 0. The van der Waals surface area contributed by atoms with Crippen molar-refractivity contribution in [3.05, 3.63) is 44.9 Å². The first-order valence-electron chi connectivity index (χ1n) is 8.32. The Hall–Kier alpha value is 0.761. The fourth-order valence-electron chi connectivity index (χ4n) is 4.07. The molecule has 0 amide bonds. The molecule has 0 aromatic carbocycles. The molecule has 24 heavy (non-hydrogen) atoms. The second-order valence-corrected chi connectivity index (χ2v) is 10.5. The van der Waals surface area contributed by atoms with Crippen LogP contribution >= 0.6 is 0 Å². The smallest absolute Gasteiger partial charge is 1.00 e.